The van der Waals surface area contributed by atoms with Crippen LogP contribution in [-0.4, -0.2) is 23.6 Å². The van der Waals surface area contributed by atoms with Gasteiger partial charge in [0.15, 0.2) is 0 Å². The van der Waals surface area contributed by atoms with Gasteiger partial charge in [-0.05, 0) is 0 Å². The number of alkyl halides is 8. The highest BCUT2D eigenvalue weighted by Crippen LogP contribution is 2.43. The van der Waals surface area contributed by atoms with Crippen molar-refractivity contribution in [2.24, 2.45) is 0 Å². The first-order valence-electron chi connectivity index (χ1n) is 2.38. The van der Waals surface area contributed by atoms with Crippen LogP contribution in [0.25, 0.3) is 0 Å². The first-order valence-corrected chi connectivity index (χ1v) is 2.38. The highest BCUT2D eigenvalue weighted by Gasteiger charge is 2.69. The fraction of sp³-hybridized carbons (Fsp3) is 1.00. The third-order valence-corrected chi connectivity index (χ3v) is 0.810. The van der Waals surface area contributed by atoms with Crippen LogP contribution in [0, 0.1) is 0 Å². The van der Waals surface area contributed by atoms with Gasteiger partial charge in [-0.1, -0.05) is 0 Å². The second-order valence-electron chi connectivity index (χ2n) is 1.79. The van der Waals surface area contributed by atoms with Crippen molar-refractivity contribution in [3.05, 3.63) is 0 Å². The normalized spacial score (nSPS) is 15.2. The summed E-state index contributed by atoms with van der Waals surface area (Å²) in [6.45, 7) is 0. The molecule has 0 amide bonds. The number of rotatable bonds is 1. The van der Waals surface area contributed by atoms with Crippen molar-refractivity contribution < 1.29 is 39.6 Å². The van der Waals surface area contributed by atoms with Crippen LogP contribution in [0.2, 0.25) is 0 Å². The molecule has 0 unspecified atom stereocenters. The molecule has 0 aromatic carbocycles. The Morgan fingerprint density at radius 2 is 1.00 bits per heavy atom. The molecule has 0 fully saturated rings. The molecule has 0 heterocycles. The zero-order valence-corrected chi connectivity index (χ0v) is 5.35. The van der Waals surface area contributed by atoms with E-state index in [0.717, 1.165) is 0 Å². The van der Waals surface area contributed by atoms with Gasteiger partial charge in [0.2, 0.25) is 0 Å². The summed E-state index contributed by atoms with van der Waals surface area (Å²) in [7, 11) is 0. The summed E-state index contributed by atoms with van der Waals surface area (Å²) in [5, 5.41) is -3.50. The molecule has 0 atom stereocenters. The topological polar surface area (TPSA) is 3.24 Å². The van der Waals surface area contributed by atoms with Gasteiger partial charge in [0.05, 0.1) is 0 Å². The SMILES string of the molecule is FN(C(F)(F)F)C(F)(F)C(F)(F)F. The maximum atomic E-state index is 11.5. The van der Waals surface area contributed by atoms with E-state index in [2.05, 4.69) is 0 Å². The van der Waals surface area contributed by atoms with Crippen LogP contribution in [-0.2, 0) is 0 Å². The first kappa shape index (κ1) is 12.3. The maximum absolute atomic E-state index is 11.5. The molecule has 0 spiro atoms. The van der Waals surface area contributed by atoms with E-state index in [4.69, 9.17) is 0 Å². The Hall–Kier alpha value is -0.670. The van der Waals surface area contributed by atoms with Gasteiger partial charge < -0.3 is 0 Å². The summed E-state index contributed by atoms with van der Waals surface area (Å²) in [6.07, 6.45) is -13.0. The fourth-order valence-corrected chi connectivity index (χ4v) is 0.271. The lowest BCUT2D eigenvalue weighted by Gasteiger charge is -2.25. The third-order valence-electron chi connectivity index (χ3n) is 0.810. The molecule has 0 aromatic rings. The molecule has 0 aliphatic rings. The molecule has 10 heteroatoms. The number of nitrogens with zero attached hydrogens (tertiary/aromatic N) is 1. The molecule has 0 N–H and O–H groups in total. The van der Waals surface area contributed by atoms with Crippen LogP contribution in [0.1, 0.15) is 0 Å². The standard InChI is InChI=1S/C3F9N/c4-1(5,6)2(7,8)13(12)3(9,10)11. The average molecular weight is 221 g/mol. The third kappa shape index (κ3) is 2.39. The van der Waals surface area contributed by atoms with E-state index in [1.54, 1.807) is 0 Å². The zero-order chi connectivity index (χ0) is 11.1. The molecule has 0 radical (unpaired) electrons. The zero-order valence-electron chi connectivity index (χ0n) is 5.35. The predicted molar refractivity (Wildman–Crippen MR) is 20.0 cm³/mol. The Morgan fingerprint density at radius 3 is 1.08 bits per heavy atom. The minimum absolute atomic E-state index is 3.50. The van der Waals surface area contributed by atoms with E-state index < -0.39 is 23.6 Å². The summed E-state index contributed by atoms with van der Waals surface area (Å²) >= 11 is 0. The lowest BCUT2D eigenvalue weighted by Crippen LogP contribution is -2.53. The summed E-state index contributed by atoms with van der Waals surface area (Å²) in [5.41, 5.74) is 0. The van der Waals surface area contributed by atoms with Gasteiger partial charge in [-0.25, -0.2) is 0 Å². The lowest BCUT2D eigenvalue weighted by molar-refractivity contribution is -0.459. The second kappa shape index (κ2) is 2.93. The van der Waals surface area contributed by atoms with Crippen LogP contribution in [0.3, 0.4) is 0 Å². The molecule has 0 saturated heterocycles. The second-order valence-corrected chi connectivity index (χ2v) is 1.79. The van der Waals surface area contributed by atoms with Gasteiger partial charge in [0.25, 0.3) is 0 Å². The van der Waals surface area contributed by atoms with Gasteiger partial charge in [-0.3, -0.25) is 0 Å². The highest BCUT2D eigenvalue weighted by atomic mass is 19.4. The van der Waals surface area contributed by atoms with E-state index >= 15 is 0 Å². The van der Waals surface area contributed by atoms with E-state index in [-0.39, 0.29) is 0 Å². The largest absolute Gasteiger partial charge is 0.492 e. The minimum Gasteiger partial charge on any atom is -0.175 e. The summed E-state index contributed by atoms with van der Waals surface area (Å²) in [5.74, 6) is 0. The van der Waals surface area contributed by atoms with Crippen molar-refractivity contribution in [3.8, 4) is 0 Å². The van der Waals surface area contributed by atoms with Crippen molar-refractivity contribution in [2.45, 2.75) is 18.5 Å². The summed E-state index contributed by atoms with van der Waals surface area (Å²) in [6, 6.07) is -6.58. The van der Waals surface area contributed by atoms with Crippen molar-refractivity contribution in [3.63, 3.8) is 0 Å². The van der Waals surface area contributed by atoms with E-state index in [1.165, 1.54) is 0 Å². The Balaban J connectivity index is 4.86. The molecule has 80 valence electrons. The Labute approximate surface area is 64.7 Å². The smallest absolute Gasteiger partial charge is 0.175 e. The predicted octanol–water partition coefficient (Wildman–Crippen LogP) is 2.85. The molecule has 13 heavy (non-hydrogen) atoms. The van der Waals surface area contributed by atoms with Crippen molar-refractivity contribution in [1.29, 1.82) is 0 Å². The molecular weight excluding hydrogens is 221 g/mol. The minimum atomic E-state index is -6.63. The van der Waals surface area contributed by atoms with Gasteiger partial charge in [-0.2, -0.15) is 35.1 Å². The molecule has 0 aliphatic heterocycles. The number of halogens is 9. The summed E-state index contributed by atoms with van der Waals surface area (Å²) < 4.78 is 101. The Kier molecular flexibility index (Phi) is 2.77. The number of hydrogen-bond donors (Lipinski definition) is 0. The van der Waals surface area contributed by atoms with Crippen molar-refractivity contribution in [1.82, 2.24) is 5.12 Å². The first-order chi connectivity index (χ1) is 5.40. The van der Waals surface area contributed by atoms with Gasteiger partial charge in [0, 0.05) is 5.12 Å². The molecule has 0 rings (SSSR count). The molecule has 0 aromatic heterocycles. The Morgan fingerprint density at radius 1 is 0.692 bits per heavy atom. The van der Waals surface area contributed by atoms with Crippen LogP contribution in [0.4, 0.5) is 39.6 Å². The van der Waals surface area contributed by atoms with Crippen LogP contribution >= 0.6 is 0 Å². The molecule has 0 aliphatic carbocycles. The highest BCUT2D eigenvalue weighted by molar-refractivity contribution is 4.73. The van der Waals surface area contributed by atoms with E-state index in [1.807, 2.05) is 0 Å². The fourth-order valence-electron chi connectivity index (χ4n) is 0.271. The number of hydrogen-bond acceptors (Lipinski definition) is 1. The van der Waals surface area contributed by atoms with Gasteiger partial charge in [0.1, 0.15) is 0 Å². The van der Waals surface area contributed by atoms with Crippen LogP contribution < -0.4 is 0 Å². The quantitative estimate of drug-likeness (QED) is 0.374. The monoisotopic (exact) mass is 221 g/mol. The average Bonchev–Trinajstić information content (AvgIpc) is 1.81. The van der Waals surface area contributed by atoms with Gasteiger partial charge in [-0.15, -0.1) is 4.48 Å². The maximum Gasteiger partial charge on any atom is 0.492 e. The molecule has 1 nitrogen and oxygen atoms in total. The van der Waals surface area contributed by atoms with Crippen molar-refractivity contribution >= 4 is 0 Å². The van der Waals surface area contributed by atoms with E-state index in [0.29, 0.717) is 0 Å². The van der Waals surface area contributed by atoms with Crippen LogP contribution in [0.15, 0.2) is 0 Å². The Bertz CT molecular complexity index is 176. The lowest BCUT2D eigenvalue weighted by atomic mass is 10.5. The molecule has 0 saturated carbocycles. The summed E-state index contributed by atoms with van der Waals surface area (Å²) in [4.78, 5) is 0. The van der Waals surface area contributed by atoms with Crippen molar-refractivity contribution in [2.75, 3.05) is 0 Å². The molecular formula is C3F9N. The van der Waals surface area contributed by atoms with Gasteiger partial charge >= 0.3 is 18.5 Å². The van der Waals surface area contributed by atoms with E-state index in [9.17, 15) is 39.6 Å². The molecule has 0 bridgehead atoms. The van der Waals surface area contributed by atoms with Crippen LogP contribution in [0.5, 0.6) is 0 Å².